The SMILES string of the molecule is Cc1cc(C2CCCCC2)cc(C(C)C)c1OP(Oc1c(C)cc(C2CCCCC2)cc1C(C)C)Oc1c(C)cc(C2CCCCC2)cc1C(C)C. The minimum atomic E-state index is -1.83. The van der Waals surface area contributed by atoms with Crippen molar-refractivity contribution in [2.75, 3.05) is 0 Å². The minimum absolute atomic E-state index is 0.319. The van der Waals surface area contributed by atoms with Crippen molar-refractivity contribution in [2.45, 2.75) is 194 Å². The first-order valence-electron chi connectivity index (χ1n) is 21.3. The first-order valence-corrected chi connectivity index (χ1v) is 22.4. The molecule has 3 aromatic carbocycles. The van der Waals surface area contributed by atoms with Crippen LogP contribution in [0.4, 0.5) is 0 Å². The van der Waals surface area contributed by atoms with E-state index in [9.17, 15) is 0 Å². The van der Waals surface area contributed by atoms with Crippen molar-refractivity contribution in [3.8, 4) is 17.2 Å². The highest BCUT2D eigenvalue weighted by atomic mass is 31.2. The molecule has 3 aliphatic carbocycles. The van der Waals surface area contributed by atoms with Crippen molar-refractivity contribution in [3.63, 3.8) is 0 Å². The van der Waals surface area contributed by atoms with Crippen LogP contribution in [0.25, 0.3) is 0 Å². The molecule has 0 aliphatic heterocycles. The van der Waals surface area contributed by atoms with Crippen LogP contribution in [0.5, 0.6) is 17.2 Å². The zero-order valence-electron chi connectivity index (χ0n) is 34.2. The maximum Gasteiger partial charge on any atom is 0.530 e. The van der Waals surface area contributed by atoms with Gasteiger partial charge in [-0.1, -0.05) is 136 Å². The van der Waals surface area contributed by atoms with Gasteiger partial charge in [0.2, 0.25) is 0 Å². The van der Waals surface area contributed by atoms with Crippen LogP contribution in [0.1, 0.15) is 223 Å². The molecule has 0 spiro atoms. The summed E-state index contributed by atoms with van der Waals surface area (Å²) in [5.41, 5.74) is 11.8. The third kappa shape index (κ3) is 9.22. The highest BCUT2D eigenvalue weighted by Gasteiger charge is 2.31. The maximum absolute atomic E-state index is 7.18. The van der Waals surface area contributed by atoms with Gasteiger partial charge in [-0.25, -0.2) is 0 Å². The Morgan fingerprint density at radius 3 is 0.885 bits per heavy atom. The molecule has 3 saturated carbocycles. The largest absolute Gasteiger partial charge is 0.530 e. The predicted octanol–water partition coefficient (Wildman–Crippen LogP) is 15.9. The summed E-state index contributed by atoms with van der Waals surface area (Å²) in [6, 6.07) is 14.5. The Kier molecular flexibility index (Phi) is 13.4. The Balaban J connectivity index is 1.42. The van der Waals surface area contributed by atoms with E-state index < -0.39 is 8.60 Å². The predicted molar refractivity (Wildman–Crippen MR) is 222 cm³/mol. The van der Waals surface area contributed by atoms with Crippen molar-refractivity contribution in [3.05, 3.63) is 86.5 Å². The summed E-state index contributed by atoms with van der Waals surface area (Å²) >= 11 is 0. The van der Waals surface area contributed by atoms with Gasteiger partial charge in [0.1, 0.15) is 17.2 Å². The molecular weight excluding hydrogens is 655 g/mol. The molecule has 6 rings (SSSR count). The summed E-state index contributed by atoms with van der Waals surface area (Å²) in [7, 11) is -1.83. The second kappa shape index (κ2) is 17.8. The van der Waals surface area contributed by atoms with E-state index in [0.29, 0.717) is 35.5 Å². The molecule has 52 heavy (non-hydrogen) atoms. The molecule has 0 radical (unpaired) electrons. The van der Waals surface area contributed by atoms with Crippen LogP contribution in [0.3, 0.4) is 0 Å². The van der Waals surface area contributed by atoms with Crippen molar-refractivity contribution < 1.29 is 13.6 Å². The zero-order valence-corrected chi connectivity index (χ0v) is 35.1. The van der Waals surface area contributed by atoms with E-state index in [0.717, 1.165) is 17.2 Å². The van der Waals surface area contributed by atoms with E-state index in [1.807, 2.05) is 0 Å². The van der Waals surface area contributed by atoms with Gasteiger partial charge in [-0.05, 0) is 145 Å². The van der Waals surface area contributed by atoms with Gasteiger partial charge < -0.3 is 13.6 Å². The highest BCUT2D eigenvalue weighted by Crippen LogP contribution is 2.52. The average molecular weight is 725 g/mol. The molecule has 0 heterocycles. The molecule has 3 aliphatic rings. The number of hydrogen-bond acceptors (Lipinski definition) is 3. The first-order chi connectivity index (χ1) is 25.0. The molecule has 3 fully saturated rings. The van der Waals surface area contributed by atoms with E-state index in [1.165, 1.54) is 146 Å². The van der Waals surface area contributed by atoms with Gasteiger partial charge in [-0.2, -0.15) is 0 Å². The number of hydrogen-bond donors (Lipinski definition) is 0. The molecule has 0 N–H and O–H groups in total. The van der Waals surface area contributed by atoms with Crippen LogP contribution < -0.4 is 13.6 Å². The van der Waals surface area contributed by atoms with E-state index in [-0.39, 0.29) is 0 Å². The highest BCUT2D eigenvalue weighted by molar-refractivity contribution is 7.43. The van der Waals surface area contributed by atoms with Crippen LogP contribution in [-0.2, 0) is 0 Å². The van der Waals surface area contributed by atoms with E-state index in [2.05, 4.69) is 98.7 Å². The van der Waals surface area contributed by atoms with Gasteiger partial charge in [-0.15, -0.1) is 0 Å². The molecule has 4 heteroatoms. The lowest BCUT2D eigenvalue weighted by Crippen LogP contribution is -2.12. The second-order valence-corrected chi connectivity index (χ2v) is 18.7. The van der Waals surface area contributed by atoms with E-state index in [4.69, 9.17) is 13.6 Å². The van der Waals surface area contributed by atoms with Gasteiger partial charge in [-0.3, -0.25) is 0 Å². The molecular formula is C48H69O3P. The van der Waals surface area contributed by atoms with Crippen molar-refractivity contribution in [1.82, 2.24) is 0 Å². The summed E-state index contributed by atoms with van der Waals surface area (Å²) in [6.45, 7) is 20.5. The Bertz CT molecular complexity index is 1440. The van der Waals surface area contributed by atoms with Gasteiger partial charge >= 0.3 is 8.60 Å². The summed E-state index contributed by atoms with van der Waals surface area (Å²) in [4.78, 5) is 0. The van der Waals surface area contributed by atoms with Gasteiger partial charge in [0.25, 0.3) is 0 Å². The lowest BCUT2D eigenvalue weighted by atomic mass is 9.82. The topological polar surface area (TPSA) is 27.7 Å². The van der Waals surface area contributed by atoms with Gasteiger partial charge in [0, 0.05) is 0 Å². The molecule has 0 atom stereocenters. The molecule has 3 aromatic rings. The summed E-state index contributed by atoms with van der Waals surface area (Å²) < 4.78 is 21.5. The number of benzene rings is 3. The Morgan fingerprint density at radius 2 is 0.654 bits per heavy atom. The molecule has 0 aromatic heterocycles. The lowest BCUT2D eigenvalue weighted by molar-refractivity contribution is 0.376. The summed E-state index contributed by atoms with van der Waals surface area (Å²) in [5.74, 6) is 5.70. The van der Waals surface area contributed by atoms with Crippen LogP contribution in [0.15, 0.2) is 36.4 Å². The van der Waals surface area contributed by atoms with Crippen molar-refractivity contribution in [1.29, 1.82) is 0 Å². The monoisotopic (exact) mass is 724 g/mol. The first kappa shape index (κ1) is 39.2. The standard InChI is InChI=1S/C48H69O3P/c1-31(2)43-28-40(37-19-13-10-14-20-37)25-34(7)46(43)49-52(50-47-35(8)26-41(29-44(47)32(3)4)38-21-15-11-16-22-38)51-48-36(9)27-42(30-45(48)33(5)6)39-23-17-12-18-24-39/h25-33,37-39H,10-24H2,1-9H3. The average Bonchev–Trinajstić information content (AvgIpc) is 3.14. The Morgan fingerprint density at radius 1 is 0.404 bits per heavy atom. The minimum Gasteiger partial charge on any atom is -0.408 e. The normalized spacial score (nSPS) is 18.2. The van der Waals surface area contributed by atoms with Crippen LogP contribution in [-0.4, -0.2) is 0 Å². The third-order valence-corrected chi connectivity index (χ3v) is 13.6. The van der Waals surface area contributed by atoms with Gasteiger partial charge in [0.15, 0.2) is 0 Å². The maximum atomic E-state index is 7.18. The van der Waals surface area contributed by atoms with E-state index in [1.54, 1.807) is 0 Å². The fourth-order valence-electron chi connectivity index (χ4n) is 9.45. The Hall–Kier alpha value is -2.51. The fraction of sp³-hybridized carbons (Fsp3) is 0.625. The van der Waals surface area contributed by atoms with Crippen LogP contribution in [0, 0.1) is 20.8 Å². The molecule has 0 unspecified atom stereocenters. The Labute approximate surface area is 319 Å². The lowest BCUT2D eigenvalue weighted by Gasteiger charge is -2.29. The summed E-state index contributed by atoms with van der Waals surface area (Å²) in [5, 5.41) is 0. The van der Waals surface area contributed by atoms with Crippen LogP contribution in [0.2, 0.25) is 0 Å². The molecule has 0 bridgehead atoms. The molecule has 0 saturated heterocycles. The molecule has 0 amide bonds. The molecule has 284 valence electrons. The number of aryl methyl sites for hydroxylation is 3. The number of rotatable bonds is 12. The summed E-state index contributed by atoms with van der Waals surface area (Å²) in [6.07, 6.45) is 19.8. The zero-order chi connectivity index (χ0) is 36.9. The third-order valence-electron chi connectivity index (χ3n) is 12.6. The smallest absolute Gasteiger partial charge is 0.408 e. The van der Waals surface area contributed by atoms with Crippen LogP contribution >= 0.6 is 8.60 Å². The van der Waals surface area contributed by atoms with Crippen molar-refractivity contribution >= 4 is 8.60 Å². The fourth-order valence-corrected chi connectivity index (χ4v) is 10.8. The second-order valence-electron chi connectivity index (χ2n) is 17.7. The van der Waals surface area contributed by atoms with Crippen molar-refractivity contribution in [2.24, 2.45) is 0 Å². The van der Waals surface area contributed by atoms with E-state index >= 15 is 0 Å². The molecule has 3 nitrogen and oxygen atoms in total. The van der Waals surface area contributed by atoms with Gasteiger partial charge in [0.05, 0.1) is 0 Å². The quantitative estimate of drug-likeness (QED) is 0.174.